The van der Waals surface area contributed by atoms with Gasteiger partial charge in [-0.3, -0.25) is 9.78 Å². The van der Waals surface area contributed by atoms with E-state index in [4.69, 9.17) is 0 Å². The SMILES string of the molecule is CCC1(Cc2ccnc3ccccc23)CCC(=O)N1. The van der Waals surface area contributed by atoms with E-state index in [1.54, 1.807) is 0 Å². The molecule has 1 aromatic heterocycles. The number of para-hydroxylation sites is 1. The normalized spacial score (nSPS) is 22.7. The minimum Gasteiger partial charge on any atom is -0.350 e. The molecule has 1 fully saturated rings. The second-order valence-corrected chi connectivity index (χ2v) is 5.35. The Bertz CT molecular complexity index is 618. The van der Waals surface area contributed by atoms with Crippen molar-refractivity contribution in [2.24, 2.45) is 0 Å². The Labute approximate surface area is 113 Å². The molecule has 3 rings (SSSR count). The first-order valence-electron chi connectivity index (χ1n) is 6.86. The van der Waals surface area contributed by atoms with Gasteiger partial charge in [-0.1, -0.05) is 25.1 Å². The van der Waals surface area contributed by atoms with E-state index in [9.17, 15) is 4.79 Å². The number of aromatic nitrogens is 1. The lowest BCUT2D eigenvalue weighted by Crippen LogP contribution is -2.43. The van der Waals surface area contributed by atoms with Gasteiger partial charge >= 0.3 is 0 Å². The van der Waals surface area contributed by atoms with Crippen LogP contribution < -0.4 is 5.32 Å². The number of amides is 1. The van der Waals surface area contributed by atoms with Gasteiger partial charge in [-0.05, 0) is 37.0 Å². The minimum absolute atomic E-state index is 0.0682. The third-order valence-electron chi connectivity index (χ3n) is 4.18. The molecule has 3 heteroatoms. The maximum Gasteiger partial charge on any atom is 0.220 e. The molecule has 19 heavy (non-hydrogen) atoms. The highest BCUT2D eigenvalue weighted by molar-refractivity contribution is 5.83. The van der Waals surface area contributed by atoms with Gasteiger partial charge in [0.15, 0.2) is 0 Å². The van der Waals surface area contributed by atoms with Gasteiger partial charge < -0.3 is 5.32 Å². The molecule has 2 aromatic rings. The van der Waals surface area contributed by atoms with Gasteiger partial charge in [-0.15, -0.1) is 0 Å². The maximum atomic E-state index is 11.5. The Morgan fingerprint density at radius 2 is 2.16 bits per heavy atom. The first-order chi connectivity index (χ1) is 9.22. The molecule has 98 valence electrons. The Kier molecular flexibility index (Phi) is 2.97. The fourth-order valence-corrected chi connectivity index (χ4v) is 2.97. The second kappa shape index (κ2) is 4.65. The van der Waals surface area contributed by atoms with Gasteiger partial charge in [0, 0.05) is 23.5 Å². The monoisotopic (exact) mass is 254 g/mol. The van der Waals surface area contributed by atoms with Gasteiger partial charge in [-0.2, -0.15) is 0 Å². The van der Waals surface area contributed by atoms with Crippen LogP contribution in [0.15, 0.2) is 36.5 Å². The molecule has 0 bridgehead atoms. The molecule has 1 aliphatic rings. The summed E-state index contributed by atoms with van der Waals surface area (Å²) in [5.41, 5.74) is 2.23. The zero-order chi connectivity index (χ0) is 13.3. The minimum atomic E-state index is -0.0682. The summed E-state index contributed by atoms with van der Waals surface area (Å²) in [5.74, 6) is 0.181. The number of nitrogens with zero attached hydrogens (tertiary/aromatic N) is 1. The molecule has 1 N–H and O–H groups in total. The van der Waals surface area contributed by atoms with E-state index in [0.717, 1.165) is 24.8 Å². The molecular weight excluding hydrogens is 236 g/mol. The lowest BCUT2D eigenvalue weighted by Gasteiger charge is -2.28. The van der Waals surface area contributed by atoms with Crippen LogP contribution in [0.3, 0.4) is 0 Å². The quantitative estimate of drug-likeness (QED) is 0.915. The lowest BCUT2D eigenvalue weighted by atomic mass is 9.86. The Morgan fingerprint density at radius 1 is 1.32 bits per heavy atom. The van der Waals surface area contributed by atoms with Crippen molar-refractivity contribution in [1.82, 2.24) is 10.3 Å². The van der Waals surface area contributed by atoms with E-state index in [-0.39, 0.29) is 11.4 Å². The Morgan fingerprint density at radius 3 is 2.89 bits per heavy atom. The molecule has 1 aromatic carbocycles. The fraction of sp³-hybridized carbons (Fsp3) is 0.375. The van der Waals surface area contributed by atoms with Crippen LogP contribution in [-0.2, 0) is 11.2 Å². The molecule has 0 aliphatic carbocycles. The van der Waals surface area contributed by atoms with Gasteiger partial charge in [-0.25, -0.2) is 0 Å². The summed E-state index contributed by atoms with van der Waals surface area (Å²) in [7, 11) is 0. The number of carbonyl (C=O) groups is 1. The molecule has 0 spiro atoms. The average Bonchev–Trinajstić information content (AvgIpc) is 2.81. The fourth-order valence-electron chi connectivity index (χ4n) is 2.97. The molecule has 1 atom stereocenters. The van der Waals surface area contributed by atoms with Crippen LogP contribution in [0.2, 0.25) is 0 Å². The molecule has 1 amide bonds. The number of pyridine rings is 1. The number of benzene rings is 1. The molecule has 0 radical (unpaired) electrons. The predicted molar refractivity (Wildman–Crippen MR) is 75.8 cm³/mol. The van der Waals surface area contributed by atoms with Crippen LogP contribution in [0.4, 0.5) is 0 Å². The van der Waals surface area contributed by atoms with Crippen LogP contribution in [0.25, 0.3) is 10.9 Å². The smallest absolute Gasteiger partial charge is 0.220 e. The summed E-state index contributed by atoms with van der Waals surface area (Å²) in [6.45, 7) is 2.15. The summed E-state index contributed by atoms with van der Waals surface area (Å²) < 4.78 is 0. The summed E-state index contributed by atoms with van der Waals surface area (Å²) in [6.07, 6.45) is 5.29. The molecule has 0 saturated carbocycles. The first kappa shape index (κ1) is 12.2. The van der Waals surface area contributed by atoms with Crippen molar-refractivity contribution < 1.29 is 4.79 Å². The Hall–Kier alpha value is -1.90. The number of nitrogens with one attached hydrogen (secondary N) is 1. The van der Waals surface area contributed by atoms with Crippen molar-refractivity contribution in [3.05, 3.63) is 42.1 Å². The number of rotatable bonds is 3. The highest BCUT2D eigenvalue weighted by atomic mass is 16.2. The Balaban J connectivity index is 1.99. The zero-order valence-electron chi connectivity index (χ0n) is 11.1. The van der Waals surface area contributed by atoms with Gasteiger partial charge in [0.1, 0.15) is 0 Å². The molecule has 1 unspecified atom stereocenters. The molecule has 1 saturated heterocycles. The molecular formula is C16H18N2O. The van der Waals surface area contributed by atoms with Crippen LogP contribution in [0.5, 0.6) is 0 Å². The van der Waals surface area contributed by atoms with Gasteiger partial charge in [0.25, 0.3) is 0 Å². The predicted octanol–water partition coefficient (Wildman–Crippen LogP) is 2.84. The van der Waals surface area contributed by atoms with E-state index < -0.39 is 0 Å². The second-order valence-electron chi connectivity index (χ2n) is 5.35. The van der Waals surface area contributed by atoms with Crippen molar-refractivity contribution in [2.75, 3.05) is 0 Å². The van der Waals surface area contributed by atoms with E-state index in [0.29, 0.717) is 6.42 Å². The standard InChI is InChI=1S/C16H18N2O/c1-2-16(9-7-15(19)18-16)11-12-8-10-17-14-6-4-3-5-13(12)14/h3-6,8,10H,2,7,9,11H2,1H3,(H,18,19). The number of hydrogen-bond acceptors (Lipinski definition) is 2. The van der Waals surface area contributed by atoms with Crippen LogP contribution in [-0.4, -0.2) is 16.4 Å². The van der Waals surface area contributed by atoms with Crippen molar-refractivity contribution >= 4 is 16.8 Å². The van der Waals surface area contributed by atoms with E-state index in [1.165, 1.54) is 10.9 Å². The largest absolute Gasteiger partial charge is 0.350 e. The first-order valence-corrected chi connectivity index (χ1v) is 6.86. The zero-order valence-corrected chi connectivity index (χ0v) is 11.1. The average molecular weight is 254 g/mol. The van der Waals surface area contributed by atoms with Crippen molar-refractivity contribution in [2.45, 2.75) is 38.1 Å². The summed E-state index contributed by atoms with van der Waals surface area (Å²) in [6, 6.07) is 10.3. The summed E-state index contributed by atoms with van der Waals surface area (Å²) in [5, 5.41) is 4.36. The molecule has 2 heterocycles. The van der Waals surface area contributed by atoms with Crippen LogP contribution in [0.1, 0.15) is 31.7 Å². The van der Waals surface area contributed by atoms with E-state index in [1.807, 2.05) is 24.4 Å². The number of fused-ring (bicyclic) bond motifs is 1. The number of carbonyl (C=O) groups excluding carboxylic acids is 1. The highest BCUT2D eigenvalue weighted by Crippen LogP contribution is 2.30. The molecule has 1 aliphatic heterocycles. The molecule has 3 nitrogen and oxygen atoms in total. The maximum absolute atomic E-state index is 11.5. The highest BCUT2D eigenvalue weighted by Gasteiger charge is 2.36. The van der Waals surface area contributed by atoms with Crippen LogP contribution in [0, 0.1) is 0 Å². The third-order valence-corrected chi connectivity index (χ3v) is 4.18. The van der Waals surface area contributed by atoms with Crippen molar-refractivity contribution in [3.8, 4) is 0 Å². The van der Waals surface area contributed by atoms with Gasteiger partial charge in [0.05, 0.1) is 5.52 Å². The van der Waals surface area contributed by atoms with Crippen LogP contribution >= 0.6 is 0 Å². The van der Waals surface area contributed by atoms with E-state index >= 15 is 0 Å². The summed E-state index contributed by atoms with van der Waals surface area (Å²) in [4.78, 5) is 15.9. The van der Waals surface area contributed by atoms with Crippen molar-refractivity contribution in [1.29, 1.82) is 0 Å². The third kappa shape index (κ3) is 2.21. The van der Waals surface area contributed by atoms with Crippen molar-refractivity contribution in [3.63, 3.8) is 0 Å². The summed E-state index contributed by atoms with van der Waals surface area (Å²) >= 11 is 0. The lowest BCUT2D eigenvalue weighted by molar-refractivity contribution is -0.119. The van der Waals surface area contributed by atoms with E-state index in [2.05, 4.69) is 29.4 Å². The van der Waals surface area contributed by atoms with Gasteiger partial charge in [0.2, 0.25) is 5.91 Å². The number of hydrogen-bond donors (Lipinski definition) is 1. The topological polar surface area (TPSA) is 42.0 Å².